The van der Waals surface area contributed by atoms with Gasteiger partial charge < -0.3 is 5.73 Å². The predicted molar refractivity (Wildman–Crippen MR) is 79.6 cm³/mol. The number of thiocarbonyl (C=S) groups is 1. The minimum Gasteiger partial charge on any atom is -0.389 e. The average molecular weight is 298 g/mol. The van der Waals surface area contributed by atoms with E-state index in [2.05, 4.69) is 4.72 Å². The van der Waals surface area contributed by atoms with Crippen LogP contribution in [-0.4, -0.2) is 19.4 Å². The summed E-state index contributed by atoms with van der Waals surface area (Å²) in [6.07, 6.45) is 4.02. The molecular weight excluding hydrogens is 280 g/mol. The van der Waals surface area contributed by atoms with Gasteiger partial charge in [-0.1, -0.05) is 31.1 Å². The number of sulfonamides is 1. The molecule has 1 saturated carbocycles. The molecule has 0 amide bonds. The Labute approximate surface area is 119 Å². The number of benzene rings is 1. The SMILES string of the molecule is Cc1cc(S(=O)(=O)NC2CCCC2)ccc1C(N)=S. The van der Waals surface area contributed by atoms with Gasteiger partial charge in [0.05, 0.1) is 4.90 Å². The zero-order valence-corrected chi connectivity index (χ0v) is 12.5. The van der Waals surface area contributed by atoms with Crippen LogP contribution in [0.2, 0.25) is 0 Å². The third-order valence-corrected chi connectivity index (χ3v) is 5.19. The van der Waals surface area contributed by atoms with E-state index < -0.39 is 10.0 Å². The van der Waals surface area contributed by atoms with Crippen molar-refractivity contribution in [3.8, 4) is 0 Å². The molecule has 1 aliphatic carbocycles. The Bertz CT molecular complexity index is 591. The summed E-state index contributed by atoms with van der Waals surface area (Å²) in [5.41, 5.74) is 7.07. The Kier molecular flexibility index (Phi) is 4.23. The fourth-order valence-electron chi connectivity index (χ4n) is 2.41. The van der Waals surface area contributed by atoms with Gasteiger partial charge in [0.15, 0.2) is 0 Å². The maximum atomic E-state index is 12.2. The maximum absolute atomic E-state index is 12.2. The van der Waals surface area contributed by atoms with Gasteiger partial charge in [-0.15, -0.1) is 0 Å². The maximum Gasteiger partial charge on any atom is 0.240 e. The van der Waals surface area contributed by atoms with Crippen LogP contribution < -0.4 is 10.5 Å². The quantitative estimate of drug-likeness (QED) is 0.832. The van der Waals surface area contributed by atoms with Crippen molar-refractivity contribution in [1.82, 2.24) is 4.72 Å². The summed E-state index contributed by atoms with van der Waals surface area (Å²) in [6.45, 7) is 1.81. The molecule has 104 valence electrons. The van der Waals surface area contributed by atoms with Gasteiger partial charge in [0.1, 0.15) is 4.99 Å². The molecule has 0 aliphatic heterocycles. The van der Waals surface area contributed by atoms with E-state index in [1.165, 1.54) is 0 Å². The molecular formula is C13H18N2O2S2. The first-order valence-electron chi connectivity index (χ1n) is 6.33. The predicted octanol–water partition coefficient (Wildman–Crippen LogP) is 1.85. The lowest BCUT2D eigenvalue weighted by molar-refractivity contribution is 0.552. The summed E-state index contributed by atoms with van der Waals surface area (Å²) in [5, 5.41) is 0. The number of aryl methyl sites for hydroxylation is 1. The van der Waals surface area contributed by atoms with E-state index in [1.807, 2.05) is 6.92 Å². The normalized spacial score (nSPS) is 16.7. The van der Waals surface area contributed by atoms with Gasteiger partial charge in [-0.3, -0.25) is 0 Å². The van der Waals surface area contributed by atoms with Crippen molar-refractivity contribution in [3.63, 3.8) is 0 Å². The van der Waals surface area contributed by atoms with Crippen LogP contribution >= 0.6 is 12.2 Å². The molecule has 1 aromatic rings. The van der Waals surface area contributed by atoms with Gasteiger partial charge in [-0.2, -0.15) is 0 Å². The molecule has 0 unspecified atom stereocenters. The summed E-state index contributed by atoms with van der Waals surface area (Å²) >= 11 is 4.91. The van der Waals surface area contributed by atoms with Crippen LogP contribution in [0.1, 0.15) is 36.8 Å². The van der Waals surface area contributed by atoms with Crippen LogP contribution in [0.3, 0.4) is 0 Å². The van der Waals surface area contributed by atoms with E-state index in [9.17, 15) is 8.42 Å². The van der Waals surface area contributed by atoms with Crippen molar-refractivity contribution in [2.75, 3.05) is 0 Å². The highest BCUT2D eigenvalue weighted by atomic mass is 32.2. The third-order valence-electron chi connectivity index (χ3n) is 3.45. The lowest BCUT2D eigenvalue weighted by atomic mass is 10.1. The van der Waals surface area contributed by atoms with Crippen LogP contribution in [0.5, 0.6) is 0 Å². The van der Waals surface area contributed by atoms with Crippen LogP contribution in [-0.2, 0) is 10.0 Å². The molecule has 0 atom stereocenters. The summed E-state index contributed by atoms with van der Waals surface area (Å²) in [6, 6.07) is 4.91. The van der Waals surface area contributed by atoms with Crippen molar-refractivity contribution in [2.45, 2.75) is 43.5 Å². The fourth-order valence-corrected chi connectivity index (χ4v) is 4.03. The van der Waals surface area contributed by atoms with Crippen molar-refractivity contribution < 1.29 is 8.42 Å². The molecule has 1 aromatic carbocycles. The highest BCUT2D eigenvalue weighted by Crippen LogP contribution is 2.21. The molecule has 0 saturated heterocycles. The van der Waals surface area contributed by atoms with Crippen LogP contribution in [0, 0.1) is 6.92 Å². The Hall–Kier alpha value is -0.980. The lowest BCUT2D eigenvalue weighted by Crippen LogP contribution is -2.32. The zero-order chi connectivity index (χ0) is 14.0. The van der Waals surface area contributed by atoms with E-state index in [0.29, 0.717) is 0 Å². The van der Waals surface area contributed by atoms with Crippen molar-refractivity contribution in [2.24, 2.45) is 5.73 Å². The molecule has 0 radical (unpaired) electrons. The molecule has 0 heterocycles. The molecule has 1 aliphatic rings. The van der Waals surface area contributed by atoms with Gasteiger partial charge in [0, 0.05) is 11.6 Å². The molecule has 0 aromatic heterocycles. The first-order chi connectivity index (χ1) is 8.90. The summed E-state index contributed by atoms with van der Waals surface area (Å²) in [5.74, 6) is 0. The topological polar surface area (TPSA) is 72.2 Å². The molecule has 0 spiro atoms. The first kappa shape index (κ1) is 14.4. The molecule has 1 fully saturated rings. The number of hydrogen-bond acceptors (Lipinski definition) is 3. The van der Waals surface area contributed by atoms with E-state index in [0.717, 1.165) is 36.8 Å². The smallest absolute Gasteiger partial charge is 0.240 e. The molecule has 3 N–H and O–H groups in total. The molecule has 4 nitrogen and oxygen atoms in total. The Balaban J connectivity index is 2.25. The van der Waals surface area contributed by atoms with Crippen molar-refractivity contribution in [1.29, 1.82) is 0 Å². The second kappa shape index (κ2) is 5.56. The second-order valence-electron chi connectivity index (χ2n) is 4.94. The van der Waals surface area contributed by atoms with E-state index in [1.54, 1.807) is 18.2 Å². The van der Waals surface area contributed by atoms with E-state index in [-0.39, 0.29) is 15.9 Å². The standard InChI is InChI=1S/C13H18N2O2S2/c1-9-8-11(6-7-12(9)13(14)18)19(16,17)15-10-4-2-3-5-10/h6-8,10,15H,2-5H2,1H3,(H2,14,18). The largest absolute Gasteiger partial charge is 0.389 e. The number of hydrogen-bond donors (Lipinski definition) is 2. The van der Waals surface area contributed by atoms with Crippen molar-refractivity contribution in [3.05, 3.63) is 29.3 Å². The van der Waals surface area contributed by atoms with Gasteiger partial charge >= 0.3 is 0 Å². The average Bonchev–Trinajstić information content (AvgIpc) is 2.80. The Morgan fingerprint density at radius 1 is 1.37 bits per heavy atom. The highest BCUT2D eigenvalue weighted by molar-refractivity contribution is 7.89. The number of nitrogens with one attached hydrogen (secondary N) is 1. The van der Waals surface area contributed by atoms with Gasteiger partial charge in [-0.05, 0) is 37.5 Å². The van der Waals surface area contributed by atoms with Crippen LogP contribution in [0.4, 0.5) is 0 Å². The fraction of sp³-hybridized carbons (Fsp3) is 0.462. The Morgan fingerprint density at radius 3 is 2.53 bits per heavy atom. The minimum atomic E-state index is -3.44. The first-order valence-corrected chi connectivity index (χ1v) is 8.22. The monoisotopic (exact) mass is 298 g/mol. The minimum absolute atomic E-state index is 0.0700. The van der Waals surface area contributed by atoms with E-state index in [4.69, 9.17) is 18.0 Å². The Morgan fingerprint density at radius 2 is 2.00 bits per heavy atom. The zero-order valence-electron chi connectivity index (χ0n) is 10.8. The molecule has 0 bridgehead atoms. The molecule has 19 heavy (non-hydrogen) atoms. The number of rotatable bonds is 4. The van der Waals surface area contributed by atoms with Crippen LogP contribution in [0.25, 0.3) is 0 Å². The van der Waals surface area contributed by atoms with Gasteiger partial charge in [0.2, 0.25) is 10.0 Å². The second-order valence-corrected chi connectivity index (χ2v) is 7.10. The third kappa shape index (κ3) is 3.32. The lowest BCUT2D eigenvalue weighted by Gasteiger charge is -2.13. The summed E-state index contributed by atoms with van der Waals surface area (Å²) in [7, 11) is -3.44. The van der Waals surface area contributed by atoms with Crippen LogP contribution in [0.15, 0.2) is 23.1 Å². The van der Waals surface area contributed by atoms with Gasteiger partial charge in [0.25, 0.3) is 0 Å². The van der Waals surface area contributed by atoms with Gasteiger partial charge in [-0.25, -0.2) is 13.1 Å². The summed E-state index contributed by atoms with van der Waals surface area (Å²) < 4.78 is 27.2. The highest BCUT2D eigenvalue weighted by Gasteiger charge is 2.23. The number of nitrogens with two attached hydrogens (primary N) is 1. The summed E-state index contributed by atoms with van der Waals surface area (Å²) in [4.78, 5) is 0.558. The van der Waals surface area contributed by atoms with Crippen molar-refractivity contribution >= 4 is 27.2 Å². The molecule has 6 heteroatoms. The van der Waals surface area contributed by atoms with E-state index >= 15 is 0 Å². The molecule has 2 rings (SSSR count).